The molecule has 154 valence electrons. The van der Waals surface area contributed by atoms with Gasteiger partial charge in [0.05, 0.1) is 17.9 Å². The summed E-state index contributed by atoms with van der Waals surface area (Å²) in [5.74, 6) is -0.543. The summed E-state index contributed by atoms with van der Waals surface area (Å²) in [6, 6.07) is 12.6. The molecule has 0 aliphatic carbocycles. The summed E-state index contributed by atoms with van der Waals surface area (Å²) >= 11 is 0. The van der Waals surface area contributed by atoms with Gasteiger partial charge in [0.2, 0.25) is 0 Å². The number of benzene rings is 2. The van der Waals surface area contributed by atoms with E-state index < -0.39 is 17.7 Å². The highest BCUT2D eigenvalue weighted by Gasteiger charge is 2.32. The van der Waals surface area contributed by atoms with Gasteiger partial charge in [-0.3, -0.25) is 0 Å². The Balaban J connectivity index is 2.36. The van der Waals surface area contributed by atoms with E-state index in [2.05, 4.69) is 0 Å². The number of fused-ring (bicyclic) bond motifs is 1. The Bertz CT molecular complexity index is 1010. The Morgan fingerprint density at radius 1 is 1.07 bits per heavy atom. The number of carbonyl (C=O) groups excluding carboxylic acids is 1. The fourth-order valence-electron chi connectivity index (χ4n) is 3.38. The molecule has 0 aliphatic heterocycles. The first-order chi connectivity index (χ1) is 13.7. The van der Waals surface area contributed by atoms with Crippen LogP contribution in [-0.2, 0) is 17.5 Å². The molecule has 0 N–H and O–H groups in total. The van der Waals surface area contributed by atoms with Gasteiger partial charge in [-0.15, -0.1) is 0 Å². The molecule has 4 nitrogen and oxygen atoms in total. The van der Waals surface area contributed by atoms with Crippen LogP contribution in [0.2, 0.25) is 0 Å². The predicted octanol–water partition coefficient (Wildman–Crippen LogP) is 5.07. The van der Waals surface area contributed by atoms with Crippen LogP contribution in [0.25, 0.3) is 22.0 Å². The number of carbonyl (C=O) groups is 1. The third kappa shape index (κ3) is 4.29. The number of nitrogens with zero attached hydrogens (tertiary/aromatic N) is 2. The molecule has 7 heteroatoms. The van der Waals surface area contributed by atoms with Crippen LogP contribution in [-0.4, -0.2) is 42.7 Å². The lowest BCUT2D eigenvalue weighted by molar-refractivity contribution is -0.137. The monoisotopic (exact) mass is 404 g/mol. The van der Waals surface area contributed by atoms with Crippen LogP contribution in [0.4, 0.5) is 13.2 Å². The van der Waals surface area contributed by atoms with Gasteiger partial charge in [-0.2, -0.15) is 13.2 Å². The maximum absolute atomic E-state index is 13.4. The smallest absolute Gasteiger partial charge is 0.416 e. The zero-order valence-corrected chi connectivity index (χ0v) is 16.6. The number of rotatable bonds is 6. The zero-order valence-electron chi connectivity index (χ0n) is 16.6. The zero-order chi connectivity index (χ0) is 21.2. The molecule has 2 aromatic carbocycles. The molecular formula is C22H23F3N2O2. The Hall–Kier alpha value is -2.80. The molecule has 1 heterocycles. The molecule has 0 unspecified atom stereocenters. The molecule has 0 aliphatic rings. The topological polar surface area (TPSA) is 34.5 Å². The third-order valence-electron chi connectivity index (χ3n) is 4.68. The molecule has 29 heavy (non-hydrogen) atoms. The molecule has 3 rings (SSSR count). The second-order valence-corrected chi connectivity index (χ2v) is 7.00. The Labute approximate surface area is 167 Å². The SMILES string of the molecule is CCOC(=O)c1c2ccc(C(F)(F)F)cc2c(-c2ccccc2)n1CCN(C)C. The Kier molecular flexibility index (Phi) is 5.98. The van der Waals surface area contributed by atoms with Crippen molar-refractivity contribution >= 4 is 16.7 Å². The van der Waals surface area contributed by atoms with Gasteiger partial charge < -0.3 is 14.2 Å². The maximum atomic E-state index is 13.4. The van der Waals surface area contributed by atoms with Crippen molar-refractivity contribution in [1.82, 2.24) is 9.47 Å². The van der Waals surface area contributed by atoms with Crippen molar-refractivity contribution in [1.29, 1.82) is 0 Å². The summed E-state index contributed by atoms with van der Waals surface area (Å²) in [6.07, 6.45) is -4.47. The van der Waals surface area contributed by atoms with E-state index in [1.54, 1.807) is 11.5 Å². The largest absolute Gasteiger partial charge is 0.461 e. The maximum Gasteiger partial charge on any atom is 0.416 e. The predicted molar refractivity (Wildman–Crippen MR) is 107 cm³/mol. The third-order valence-corrected chi connectivity index (χ3v) is 4.68. The van der Waals surface area contributed by atoms with Gasteiger partial charge in [0.1, 0.15) is 5.69 Å². The molecule has 0 bridgehead atoms. The average molecular weight is 404 g/mol. The van der Waals surface area contributed by atoms with E-state index in [4.69, 9.17) is 4.74 Å². The van der Waals surface area contributed by atoms with E-state index in [1.165, 1.54) is 6.07 Å². The van der Waals surface area contributed by atoms with Gasteiger partial charge in [0.15, 0.2) is 0 Å². The van der Waals surface area contributed by atoms with E-state index in [0.29, 0.717) is 29.6 Å². The van der Waals surface area contributed by atoms with Gasteiger partial charge >= 0.3 is 12.1 Å². The van der Waals surface area contributed by atoms with Gasteiger partial charge in [-0.1, -0.05) is 36.4 Å². The van der Waals surface area contributed by atoms with Crippen molar-refractivity contribution in [2.45, 2.75) is 19.6 Å². The van der Waals surface area contributed by atoms with E-state index in [9.17, 15) is 18.0 Å². The minimum atomic E-state index is -4.47. The average Bonchev–Trinajstić information content (AvgIpc) is 3.00. The van der Waals surface area contributed by atoms with Gasteiger partial charge in [0, 0.05) is 23.9 Å². The van der Waals surface area contributed by atoms with Crippen LogP contribution in [0, 0.1) is 0 Å². The minimum Gasteiger partial charge on any atom is -0.461 e. The Morgan fingerprint density at radius 2 is 1.76 bits per heavy atom. The van der Waals surface area contributed by atoms with Crippen LogP contribution >= 0.6 is 0 Å². The van der Waals surface area contributed by atoms with Crippen molar-refractivity contribution in [3.05, 3.63) is 59.8 Å². The molecule has 0 saturated heterocycles. The lowest BCUT2D eigenvalue weighted by Crippen LogP contribution is -2.22. The number of likely N-dealkylation sites (N-methyl/N-ethyl adjacent to an activating group) is 1. The van der Waals surface area contributed by atoms with Crippen molar-refractivity contribution in [2.24, 2.45) is 0 Å². The number of esters is 1. The molecule has 0 amide bonds. The number of aromatic nitrogens is 1. The number of ether oxygens (including phenoxy) is 1. The number of halogens is 3. The minimum absolute atomic E-state index is 0.181. The summed E-state index contributed by atoms with van der Waals surface area (Å²) < 4.78 is 47.2. The van der Waals surface area contributed by atoms with E-state index >= 15 is 0 Å². The van der Waals surface area contributed by atoms with E-state index in [-0.39, 0.29) is 12.3 Å². The first-order valence-electron chi connectivity index (χ1n) is 9.34. The van der Waals surface area contributed by atoms with Crippen molar-refractivity contribution < 1.29 is 22.7 Å². The summed E-state index contributed by atoms with van der Waals surface area (Å²) in [6.45, 7) is 2.92. The summed E-state index contributed by atoms with van der Waals surface area (Å²) in [5, 5.41) is 0.835. The lowest BCUT2D eigenvalue weighted by atomic mass is 10.0. The molecule has 0 radical (unpaired) electrons. The standard InChI is InChI=1S/C22H23F3N2O2/c1-4-29-21(28)20-17-11-10-16(22(23,24)25)14-18(17)19(15-8-6-5-7-9-15)27(20)13-12-26(2)3/h5-11,14H,4,12-13H2,1-3H3. The molecule has 0 saturated carbocycles. The van der Waals surface area contributed by atoms with Gasteiger partial charge in [0.25, 0.3) is 0 Å². The van der Waals surface area contributed by atoms with Crippen molar-refractivity contribution in [3.63, 3.8) is 0 Å². The van der Waals surface area contributed by atoms with Crippen molar-refractivity contribution in [2.75, 3.05) is 27.2 Å². The fraction of sp³-hybridized carbons (Fsp3) is 0.318. The highest BCUT2D eigenvalue weighted by Crippen LogP contribution is 2.38. The van der Waals surface area contributed by atoms with E-state index in [0.717, 1.165) is 17.7 Å². The highest BCUT2D eigenvalue weighted by atomic mass is 19.4. The molecule has 0 atom stereocenters. The van der Waals surface area contributed by atoms with Crippen LogP contribution in [0.3, 0.4) is 0 Å². The molecule has 1 aromatic heterocycles. The highest BCUT2D eigenvalue weighted by molar-refractivity contribution is 6.09. The molecule has 0 spiro atoms. The van der Waals surface area contributed by atoms with E-state index in [1.807, 2.05) is 49.3 Å². The lowest BCUT2D eigenvalue weighted by Gasteiger charge is -2.16. The van der Waals surface area contributed by atoms with Gasteiger partial charge in [-0.05, 0) is 38.7 Å². The second-order valence-electron chi connectivity index (χ2n) is 7.00. The molecule has 3 aromatic rings. The van der Waals surface area contributed by atoms with Crippen LogP contribution < -0.4 is 0 Å². The van der Waals surface area contributed by atoms with Crippen LogP contribution in [0.1, 0.15) is 23.0 Å². The number of hydrogen-bond acceptors (Lipinski definition) is 3. The van der Waals surface area contributed by atoms with Gasteiger partial charge in [-0.25, -0.2) is 4.79 Å². The first-order valence-corrected chi connectivity index (χ1v) is 9.34. The summed E-state index contributed by atoms with van der Waals surface area (Å²) in [5.41, 5.74) is 0.848. The van der Waals surface area contributed by atoms with Crippen molar-refractivity contribution in [3.8, 4) is 11.3 Å². The summed E-state index contributed by atoms with van der Waals surface area (Å²) in [4.78, 5) is 14.7. The molecular weight excluding hydrogens is 381 g/mol. The quantitative estimate of drug-likeness (QED) is 0.539. The first kappa shape index (κ1) is 20.9. The molecule has 0 fully saturated rings. The second kappa shape index (κ2) is 8.29. The van der Waals surface area contributed by atoms with Crippen LogP contribution in [0.15, 0.2) is 48.5 Å². The number of alkyl halides is 3. The fourth-order valence-corrected chi connectivity index (χ4v) is 3.38. The summed E-state index contributed by atoms with van der Waals surface area (Å²) in [7, 11) is 3.80. The number of hydrogen-bond donors (Lipinski definition) is 0. The van der Waals surface area contributed by atoms with Crippen LogP contribution in [0.5, 0.6) is 0 Å². The Morgan fingerprint density at radius 3 is 2.34 bits per heavy atom. The normalized spacial score (nSPS) is 12.0.